The Hall–Kier alpha value is -1.56. The lowest BCUT2D eigenvalue weighted by Gasteiger charge is -2.05. The van der Waals surface area contributed by atoms with Gasteiger partial charge in [0.15, 0.2) is 0 Å². The molecule has 0 aliphatic rings. The van der Waals surface area contributed by atoms with Crippen LogP contribution in [0.4, 0.5) is 0 Å². The van der Waals surface area contributed by atoms with E-state index in [4.69, 9.17) is 0 Å². The van der Waals surface area contributed by atoms with E-state index in [1.54, 1.807) is 0 Å². The number of benzene rings is 2. The highest BCUT2D eigenvalue weighted by Crippen LogP contribution is 2.11. The first-order valence-corrected chi connectivity index (χ1v) is 7.00. The number of aryl methyl sites for hydroxylation is 3. The first-order valence-electron chi connectivity index (χ1n) is 7.00. The van der Waals surface area contributed by atoms with E-state index in [1.165, 1.54) is 48.8 Å². The normalized spacial score (nSPS) is 10.5. The summed E-state index contributed by atoms with van der Waals surface area (Å²) in [6, 6.07) is 19.8. The molecule has 0 aliphatic heterocycles. The molecule has 0 unspecified atom stereocenters. The molecule has 18 heavy (non-hydrogen) atoms. The van der Waals surface area contributed by atoms with Gasteiger partial charge in [0.2, 0.25) is 0 Å². The summed E-state index contributed by atoms with van der Waals surface area (Å²) < 4.78 is 0. The summed E-state index contributed by atoms with van der Waals surface area (Å²) in [6.45, 7) is 2.24. The van der Waals surface area contributed by atoms with Crippen LogP contribution in [0.1, 0.15) is 36.5 Å². The Morgan fingerprint density at radius 2 is 1.28 bits per heavy atom. The Balaban J connectivity index is 1.84. The van der Waals surface area contributed by atoms with Gasteiger partial charge in [-0.25, -0.2) is 0 Å². The fourth-order valence-electron chi connectivity index (χ4n) is 2.37. The zero-order chi connectivity index (χ0) is 12.6. The summed E-state index contributed by atoms with van der Waals surface area (Å²) in [6.07, 6.45) is 6.03. The first-order chi connectivity index (χ1) is 8.88. The first kappa shape index (κ1) is 12.9. The average Bonchev–Trinajstić information content (AvgIpc) is 2.41. The van der Waals surface area contributed by atoms with Crippen LogP contribution in [0, 0.1) is 0 Å². The van der Waals surface area contributed by atoms with Crippen LogP contribution in [-0.4, -0.2) is 0 Å². The summed E-state index contributed by atoms with van der Waals surface area (Å²) in [5.41, 5.74) is 4.41. The molecule has 0 N–H and O–H groups in total. The second-order valence-electron chi connectivity index (χ2n) is 4.91. The molecule has 0 nitrogen and oxygen atoms in total. The minimum atomic E-state index is 1.18. The van der Waals surface area contributed by atoms with Gasteiger partial charge in [0.05, 0.1) is 0 Å². The maximum atomic E-state index is 2.37. The van der Waals surface area contributed by atoms with Crippen molar-refractivity contribution in [1.29, 1.82) is 0 Å². The van der Waals surface area contributed by atoms with Crippen molar-refractivity contribution in [2.75, 3.05) is 0 Å². The molecule has 0 heterocycles. The lowest BCUT2D eigenvalue weighted by molar-refractivity contribution is 0.817. The minimum Gasteiger partial charge on any atom is -0.0651 e. The van der Waals surface area contributed by atoms with Gasteiger partial charge >= 0.3 is 0 Å². The van der Waals surface area contributed by atoms with E-state index in [2.05, 4.69) is 61.5 Å². The predicted molar refractivity (Wildman–Crippen MR) is 78.9 cm³/mol. The van der Waals surface area contributed by atoms with Gasteiger partial charge in [-0.2, -0.15) is 0 Å². The fraction of sp³-hybridized carbons (Fsp3) is 0.333. The van der Waals surface area contributed by atoms with Crippen molar-refractivity contribution in [3.8, 4) is 0 Å². The molecule has 2 aromatic rings. The molecular weight excluding hydrogens is 216 g/mol. The van der Waals surface area contributed by atoms with Gasteiger partial charge in [0.1, 0.15) is 0 Å². The average molecular weight is 238 g/mol. The largest absolute Gasteiger partial charge is 0.0651 e. The SMILES string of the molecule is CCCc1cccc(CCCc2ccccc2)c1. The molecule has 0 amide bonds. The van der Waals surface area contributed by atoms with Crippen LogP contribution in [0.3, 0.4) is 0 Å². The molecule has 0 saturated carbocycles. The van der Waals surface area contributed by atoms with Crippen molar-refractivity contribution in [2.24, 2.45) is 0 Å². The Bertz CT molecular complexity index is 456. The van der Waals surface area contributed by atoms with E-state index in [9.17, 15) is 0 Å². The third kappa shape index (κ3) is 4.03. The standard InChI is InChI=1S/C18H22/c1-2-8-17-12-7-14-18(15-17)13-6-11-16-9-4-3-5-10-16/h3-5,7,9-10,12,14-15H,2,6,8,11,13H2,1H3. The molecule has 94 valence electrons. The van der Waals surface area contributed by atoms with E-state index < -0.39 is 0 Å². The molecule has 0 radical (unpaired) electrons. The van der Waals surface area contributed by atoms with Gasteiger partial charge in [-0.15, -0.1) is 0 Å². The molecule has 0 bridgehead atoms. The van der Waals surface area contributed by atoms with Gasteiger partial charge in [0.25, 0.3) is 0 Å². The molecule has 0 spiro atoms. The van der Waals surface area contributed by atoms with Crippen LogP contribution in [0.5, 0.6) is 0 Å². The second kappa shape index (κ2) is 7.00. The highest BCUT2D eigenvalue weighted by Gasteiger charge is 1.97. The number of hydrogen-bond donors (Lipinski definition) is 0. The zero-order valence-electron chi connectivity index (χ0n) is 11.2. The maximum absolute atomic E-state index is 2.37. The van der Waals surface area contributed by atoms with E-state index in [0.29, 0.717) is 0 Å². The smallest absolute Gasteiger partial charge is 0.0276 e. The molecule has 0 aromatic heterocycles. The van der Waals surface area contributed by atoms with Gasteiger partial charge in [0, 0.05) is 0 Å². The highest BCUT2D eigenvalue weighted by molar-refractivity contribution is 5.24. The van der Waals surface area contributed by atoms with E-state index in [0.717, 1.165) is 0 Å². The van der Waals surface area contributed by atoms with Gasteiger partial charge < -0.3 is 0 Å². The summed E-state index contributed by atoms with van der Waals surface area (Å²) in [5, 5.41) is 0. The molecule has 0 aliphatic carbocycles. The maximum Gasteiger partial charge on any atom is -0.0276 e. The van der Waals surface area contributed by atoms with E-state index >= 15 is 0 Å². The van der Waals surface area contributed by atoms with Gasteiger partial charge in [-0.3, -0.25) is 0 Å². The Morgan fingerprint density at radius 1 is 0.667 bits per heavy atom. The molecule has 0 saturated heterocycles. The van der Waals surface area contributed by atoms with Crippen LogP contribution in [0.15, 0.2) is 54.6 Å². The van der Waals surface area contributed by atoms with Gasteiger partial charge in [-0.1, -0.05) is 67.9 Å². The highest BCUT2D eigenvalue weighted by atomic mass is 14.0. The molecule has 0 heteroatoms. The lowest BCUT2D eigenvalue weighted by atomic mass is 10.0. The van der Waals surface area contributed by atoms with Crippen LogP contribution in [-0.2, 0) is 19.3 Å². The Labute approximate surface area is 111 Å². The number of hydrogen-bond acceptors (Lipinski definition) is 0. The van der Waals surface area contributed by atoms with Crippen LogP contribution in [0.2, 0.25) is 0 Å². The summed E-state index contributed by atoms with van der Waals surface area (Å²) in [5.74, 6) is 0. The zero-order valence-corrected chi connectivity index (χ0v) is 11.2. The monoisotopic (exact) mass is 238 g/mol. The van der Waals surface area contributed by atoms with Crippen molar-refractivity contribution in [1.82, 2.24) is 0 Å². The van der Waals surface area contributed by atoms with Crippen LogP contribution >= 0.6 is 0 Å². The topological polar surface area (TPSA) is 0 Å². The molecule has 0 atom stereocenters. The summed E-state index contributed by atoms with van der Waals surface area (Å²) in [4.78, 5) is 0. The molecule has 2 rings (SSSR count). The minimum absolute atomic E-state index is 1.18. The van der Waals surface area contributed by atoms with Crippen molar-refractivity contribution in [2.45, 2.75) is 39.0 Å². The number of rotatable bonds is 6. The predicted octanol–water partition coefficient (Wildman–Crippen LogP) is 4.81. The fourth-order valence-corrected chi connectivity index (χ4v) is 2.37. The van der Waals surface area contributed by atoms with Crippen molar-refractivity contribution < 1.29 is 0 Å². The van der Waals surface area contributed by atoms with Crippen LogP contribution in [0.25, 0.3) is 0 Å². The van der Waals surface area contributed by atoms with Crippen molar-refractivity contribution in [3.63, 3.8) is 0 Å². The molecular formula is C18H22. The Kier molecular flexibility index (Phi) is 5.01. The lowest BCUT2D eigenvalue weighted by Crippen LogP contribution is -1.91. The molecule has 0 fully saturated rings. The van der Waals surface area contributed by atoms with Crippen molar-refractivity contribution >= 4 is 0 Å². The van der Waals surface area contributed by atoms with Crippen LogP contribution < -0.4 is 0 Å². The third-order valence-corrected chi connectivity index (χ3v) is 3.30. The van der Waals surface area contributed by atoms with E-state index in [-0.39, 0.29) is 0 Å². The Morgan fingerprint density at radius 3 is 2.00 bits per heavy atom. The summed E-state index contributed by atoms with van der Waals surface area (Å²) >= 11 is 0. The molecule has 2 aromatic carbocycles. The third-order valence-electron chi connectivity index (χ3n) is 3.30. The summed E-state index contributed by atoms with van der Waals surface area (Å²) in [7, 11) is 0. The quantitative estimate of drug-likeness (QED) is 0.677. The van der Waals surface area contributed by atoms with Gasteiger partial charge in [-0.05, 0) is 42.4 Å². The van der Waals surface area contributed by atoms with E-state index in [1.807, 2.05) is 0 Å². The van der Waals surface area contributed by atoms with Crippen molar-refractivity contribution in [3.05, 3.63) is 71.3 Å². The second-order valence-corrected chi connectivity index (χ2v) is 4.91.